The van der Waals surface area contributed by atoms with Crippen molar-refractivity contribution in [3.8, 4) is 0 Å². The minimum absolute atomic E-state index is 0.200. The van der Waals surface area contributed by atoms with Crippen LogP contribution in [0.15, 0.2) is 30.3 Å². The molecular formula is C18H21N3O2S. The van der Waals surface area contributed by atoms with E-state index in [1.54, 1.807) is 18.3 Å². The predicted molar refractivity (Wildman–Crippen MR) is 93.8 cm³/mol. The number of thiazole rings is 1. The van der Waals surface area contributed by atoms with Crippen molar-refractivity contribution >= 4 is 23.2 Å². The highest BCUT2D eigenvalue weighted by Gasteiger charge is 2.24. The number of aromatic nitrogens is 1. The molecule has 0 bridgehead atoms. The first-order valence-corrected chi connectivity index (χ1v) is 8.95. The quantitative estimate of drug-likeness (QED) is 0.870. The van der Waals surface area contributed by atoms with E-state index >= 15 is 0 Å². The summed E-state index contributed by atoms with van der Waals surface area (Å²) < 4.78 is 0. The van der Waals surface area contributed by atoms with Crippen LogP contribution in [0.1, 0.15) is 40.4 Å². The first-order valence-electron chi connectivity index (χ1n) is 8.14. The summed E-state index contributed by atoms with van der Waals surface area (Å²) in [6, 6.07) is 9.89. The van der Waals surface area contributed by atoms with Crippen molar-refractivity contribution in [3.63, 3.8) is 0 Å². The molecule has 1 aromatic heterocycles. The van der Waals surface area contributed by atoms with E-state index in [4.69, 9.17) is 5.73 Å². The molecule has 0 fully saturated rings. The molecule has 3 N–H and O–H groups in total. The highest BCUT2D eigenvalue weighted by molar-refractivity contribution is 7.11. The van der Waals surface area contributed by atoms with Crippen molar-refractivity contribution in [3.05, 3.63) is 51.5 Å². The van der Waals surface area contributed by atoms with Crippen molar-refractivity contribution in [2.75, 3.05) is 0 Å². The zero-order valence-corrected chi connectivity index (χ0v) is 14.4. The van der Waals surface area contributed by atoms with Crippen LogP contribution in [0.3, 0.4) is 0 Å². The van der Waals surface area contributed by atoms with Gasteiger partial charge in [0.15, 0.2) is 0 Å². The highest BCUT2D eigenvalue weighted by Crippen LogP contribution is 2.35. The van der Waals surface area contributed by atoms with Gasteiger partial charge in [0.05, 0.1) is 12.1 Å². The van der Waals surface area contributed by atoms with Crippen LogP contribution in [0.25, 0.3) is 0 Å². The van der Waals surface area contributed by atoms with Crippen molar-refractivity contribution in [2.45, 2.75) is 44.6 Å². The average molecular weight is 343 g/mol. The molecule has 0 aliphatic heterocycles. The van der Waals surface area contributed by atoms with Crippen LogP contribution in [-0.2, 0) is 28.9 Å². The monoisotopic (exact) mass is 343 g/mol. The molecular weight excluding hydrogens is 322 g/mol. The van der Waals surface area contributed by atoms with Crippen LogP contribution >= 0.6 is 11.3 Å². The third-order valence-electron chi connectivity index (χ3n) is 4.37. The summed E-state index contributed by atoms with van der Waals surface area (Å²) in [5.41, 5.74) is 7.65. The molecule has 1 aliphatic carbocycles. The molecule has 0 saturated carbocycles. The normalized spacial score (nSPS) is 17.8. The zero-order valence-electron chi connectivity index (χ0n) is 13.6. The SMILES string of the molecule is CC(NC(=O)Cc1nc2c(s1)CC(c1ccccc1)CC2)C(N)=O. The summed E-state index contributed by atoms with van der Waals surface area (Å²) >= 11 is 1.61. The lowest BCUT2D eigenvalue weighted by Gasteiger charge is -2.21. The number of nitrogens with one attached hydrogen (secondary N) is 1. The lowest BCUT2D eigenvalue weighted by molar-refractivity contribution is -0.126. The lowest BCUT2D eigenvalue weighted by Crippen LogP contribution is -2.42. The standard InChI is InChI=1S/C18H21N3O2S/c1-11(18(19)23)20-16(22)10-17-21-14-8-7-13(9-15(14)24-17)12-5-3-2-4-6-12/h2-6,11,13H,7-10H2,1H3,(H2,19,23)(H,20,22). The van der Waals surface area contributed by atoms with Crippen molar-refractivity contribution in [1.29, 1.82) is 0 Å². The van der Waals surface area contributed by atoms with Gasteiger partial charge in [0.1, 0.15) is 11.0 Å². The molecule has 2 unspecified atom stereocenters. The largest absolute Gasteiger partial charge is 0.368 e. The number of rotatable bonds is 5. The van der Waals surface area contributed by atoms with Gasteiger partial charge in [-0.25, -0.2) is 4.98 Å². The van der Waals surface area contributed by atoms with E-state index in [2.05, 4.69) is 34.6 Å². The van der Waals surface area contributed by atoms with Crippen LogP contribution in [0.5, 0.6) is 0 Å². The Morgan fingerprint density at radius 2 is 2.12 bits per heavy atom. The first kappa shape index (κ1) is 16.6. The number of amides is 2. The maximum Gasteiger partial charge on any atom is 0.239 e. The number of nitrogens with zero attached hydrogens (tertiary/aromatic N) is 1. The van der Waals surface area contributed by atoms with Gasteiger partial charge in [0, 0.05) is 4.88 Å². The molecule has 24 heavy (non-hydrogen) atoms. The molecule has 2 amide bonds. The third-order valence-corrected chi connectivity index (χ3v) is 5.49. The molecule has 2 atom stereocenters. The van der Waals surface area contributed by atoms with E-state index in [-0.39, 0.29) is 12.3 Å². The van der Waals surface area contributed by atoms with E-state index in [1.807, 2.05) is 6.07 Å². The summed E-state index contributed by atoms with van der Waals surface area (Å²) in [4.78, 5) is 28.9. The zero-order chi connectivity index (χ0) is 17.1. The van der Waals surface area contributed by atoms with E-state index < -0.39 is 11.9 Å². The van der Waals surface area contributed by atoms with Gasteiger partial charge in [-0.15, -0.1) is 11.3 Å². The van der Waals surface area contributed by atoms with Crippen molar-refractivity contribution < 1.29 is 9.59 Å². The van der Waals surface area contributed by atoms with Crippen LogP contribution < -0.4 is 11.1 Å². The second-order valence-corrected chi connectivity index (χ2v) is 7.36. The van der Waals surface area contributed by atoms with Crippen molar-refractivity contribution in [2.24, 2.45) is 5.73 Å². The summed E-state index contributed by atoms with van der Waals surface area (Å²) in [5, 5.41) is 3.40. The fourth-order valence-electron chi connectivity index (χ4n) is 3.01. The lowest BCUT2D eigenvalue weighted by atomic mass is 9.85. The fraction of sp³-hybridized carbons (Fsp3) is 0.389. The maximum atomic E-state index is 12.0. The number of carbonyl (C=O) groups excluding carboxylic acids is 2. The number of fused-ring (bicyclic) bond motifs is 1. The Kier molecular flexibility index (Phi) is 4.94. The molecule has 1 aromatic carbocycles. The number of carbonyl (C=O) groups is 2. The van der Waals surface area contributed by atoms with E-state index in [9.17, 15) is 9.59 Å². The van der Waals surface area contributed by atoms with E-state index in [0.29, 0.717) is 5.92 Å². The first-order chi connectivity index (χ1) is 11.5. The number of primary amides is 1. The summed E-state index contributed by atoms with van der Waals surface area (Å²) in [6.07, 6.45) is 3.22. The average Bonchev–Trinajstić information content (AvgIpc) is 2.96. The molecule has 0 radical (unpaired) electrons. The molecule has 2 aromatic rings. The molecule has 3 rings (SSSR count). The van der Waals surface area contributed by atoms with Crippen molar-refractivity contribution in [1.82, 2.24) is 10.3 Å². The van der Waals surface area contributed by atoms with Crippen LogP contribution in [0, 0.1) is 0 Å². The Labute approximate surface area is 145 Å². The summed E-state index contributed by atoms with van der Waals surface area (Å²) in [7, 11) is 0. The van der Waals surface area contributed by atoms with Crippen LogP contribution in [0.4, 0.5) is 0 Å². The molecule has 1 aliphatic rings. The van der Waals surface area contributed by atoms with Gasteiger partial charge >= 0.3 is 0 Å². The topological polar surface area (TPSA) is 85.1 Å². The van der Waals surface area contributed by atoms with Crippen LogP contribution in [0.2, 0.25) is 0 Å². The smallest absolute Gasteiger partial charge is 0.239 e. The Morgan fingerprint density at radius 1 is 1.38 bits per heavy atom. The predicted octanol–water partition coefficient (Wildman–Crippen LogP) is 1.95. The molecule has 6 heteroatoms. The Hall–Kier alpha value is -2.21. The fourth-order valence-corrected chi connectivity index (χ4v) is 4.21. The Morgan fingerprint density at radius 3 is 2.83 bits per heavy atom. The van der Waals surface area contributed by atoms with Gasteiger partial charge in [-0.3, -0.25) is 9.59 Å². The minimum Gasteiger partial charge on any atom is -0.368 e. The van der Waals surface area contributed by atoms with Gasteiger partial charge in [0.2, 0.25) is 11.8 Å². The second kappa shape index (κ2) is 7.13. The molecule has 5 nitrogen and oxygen atoms in total. The number of hydrogen-bond donors (Lipinski definition) is 2. The Balaban J connectivity index is 1.65. The number of aryl methyl sites for hydroxylation is 1. The van der Waals surface area contributed by atoms with E-state index in [1.165, 1.54) is 10.4 Å². The minimum atomic E-state index is -0.658. The molecule has 1 heterocycles. The van der Waals surface area contributed by atoms with Crippen LogP contribution in [-0.4, -0.2) is 22.8 Å². The van der Waals surface area contributed by atoms with Gasteiger partial charge in [-0.2, -0.15) is 0 Å². The number of nitrogens with two attached hydrogens (primary N) is 1. The second-order valence-electron chi connectivity index (χ2n) is 6.20. The van der Waals surface area contributed by atoms with Gasteiger partial charge in [-0.1, -0.05) is 30.3 Å². The van der Waals surface area contributed by atoms with E-state index in [0.717, 1.165) is 30.0 Å². The molecule has 0 spiro atoms. The van der Waals surface area contributed by atoms with Gasteiger partial charge in [0.25, 0.3) is 0 Å². The third kappa shape index (κ3) is 3.82. The number of benzene rings is 1. The Bertz CT molecular complexity index is 742. The summed E-state index contributed by atoms with van der Waals surface area (Å²) in [5.74, 6) is -0.227. The summed E-state index contributed by atoms with van der Waals surface area (Å²) in [6.45, 7) is 1.58. The van der Waals surface area contributed by atoms with Gasteiger partial charge < -0.3 is 11.1 Å². The van der Waals surface area contributed by atoms with Gasteiger partial charge in [-0.05, 0) is 37.7 Å². The highest BCUT2D eigenvalue weighted by atomic mass is 32.1. The maximum absolute atomic E-state index is 12.0. The molecule has 126 valence electrons. The number of hydrogen-bond acceptors (Lipinski definition) is 4. The molecule has 0 saturated heterocycles.